The molecule has 6 heteroatoms. The lowest BCUT2D eigenvalue weighted by atomic mass is 9.71. The molecule has 25 heavy (non-hydrogen) atoms. The number of amides is 3. The van der Waals surface area contributed by atoms with Crippen LogP contribution in [0.25, 0.3) is 0 Å². The van der Waals surface area contributed by atoms with Gasteiger partial charge in [-0.1, -0.05) is 17.7 Å². The van der Waals surface area contributed by atoms with Gasteiger partial charge in [0.2, 0.25) is 5.91 Å². The van der Waals surface area contributed by atoms with Crippen molar-refractivity contribution in [3.8, 4) is 0 Å². The summed E-state index contributed by atoms with van der Waals surface area (Å²) in [6.45, 7) is 4.40. The van der Waals surface area contributed by atoms with E-state index in [9.17, 15) is 9.59 Å². The molecule has 3 amide bonds. The summed E-state index contributed by atoms with van der Waals surface area (Å²) in [6, 6.07) is 7.60. The van der Waals surface area contributed by atoms with Gasteiger partial charge in [0.25, 0.3) is 0 Å². The zero-order chi connectivity index (χ0) is 18.0. The van der Waals surface area contributed by atoms with E-state index in [0.29, 0.717) is 26.3 Å². The zero-order valence-electron chi connectivity index (χ0n) is 15.2. The van der Waals surface area contributed by atoms with Crippen LogP contribution in [0.15, 0.2) is 24.3 Å². The van der Waals surface area contributed by atoms with Crippen LogP contribution in [0.1, 0.15) is 18.4 Å². The monoisotopic (exact) mass is 345 g/mol. The van der Waals surface area contributed by atoms with Crippen LogP contribution in [-0.2, 0) is 9.53 Å². The largest absolute Gasteiger partial charge is 0.381 e. The van der Waals surface area contributed by atoms with Gasteiger partial charge in [-0.2, -0.15) is 0 Å². The summed E-state index contributed by atoms with van der Waals surface area (Å²) in [5.74, 6) is -0.0531. The third-order valence-electron chi connectivity index (χ3n) is 5.47. The maximum atomic E-state index is 12.7. The molecule has 1 aromatic rings. The normalized spacial score (nSPS) is 22.0. The number of carbonyl (C=O) groups excluding carboxylic acids is 2. The SMILES string of the molecule is Cc1ccc(NC(=O)N2CC(C(=O)N(C)C)C3(CCOCC3)C2)cc1. The smallest absolute Gasteiger partial charge is 0.321 e. The Morgan fingerprint density at radius 3 is 2.44 bits per heavy atom. The summed E-state index contributed by atoms with van der Waals surface area (Å²) in [5, 5.41) is 2.95. The molecular formula is C19H27N3O3. The molecule has 0 bridgehead atoms. The summed E-state index contributed by atoms with van der Waals surface area (Å²) >= 11 is 0. The van der Waals surface area contributed by atoms with E-state index < -0.39 is 0 Å². The Morgan fingerprint density at radius 1 is 1.20 bits per heavy atom. The first-order valence-electron chi connectivity index (χ1n) is 8.83. The van der Waals surface area contributed by atoms with Gasteiger partial charge < -0.3 is 19.9 Å². The van der Waals surface area contributed by atoms with Gasteiger partial charge in [-0.05, 0) is 31.9 Å². The van der Waals surface area contributed by atoms with Gasteiger partial charge in [-0.3, -0.25) is 4.79 Å². The summed E-state index contributed by atoms with van der Waals surface area (Å²) in [4.78, 5) is 28.9. The second kappa shape index (κ2) is 7.04. The van der Waals surface area contributed by atoms with E-state index >= 15 is 0 Å². The van der Waals surface area contributed by atoms with E-state index in [-0.39, 0.29) is 23.3 Å². The summed E-state index contributed by atoms with van der Waals surface area (Å²) in [5.41, 5.74) is 1.76. The first kappa shape index (κ1) is 17.7. The number of anilines is 1. The Labute approximate surface area is 149 Å². The van der Waals surface area contributed by atoms with Crippen LogP contribution in [0.5, 0.6) is 0 Å². The predicted octanol–water partition coefficient (Wildman–Crippen LogP) is 2.34. The van der Waals surface area contributed by atoms with Crippen LogP contribution in [0.4, 0.5) is 10.5 Å². The number of urea groups is 1. The van der Waals surface area contributed by atoms with Gasteiger partial charge in [0.15, 0.2) is 0 Å². The van der Waals surface area contributed by atoms with Crippen molar-refractivity contribution in [2.24, 2.45) is 11.3 Å². The highest BCUT2D eigenvalue weighted by atomic mass is 16.5. The molecule has 1 N–H and O–H groups in total. The first-order chi connectivity index (χ1) is 11.9. The van der Waals surface area contributed by atoms with Crippen molar-refractivity contribution >= 4 is 17.6 Å². The number of nitrogens with zero attached hydrogens (tertiary/aromatic N) is 2. The lowest BCUT2D eigenvalue weighted by Gasteiger charge is -2.37. The van der Waals surface area contributed by atoms with Crippen molar-refractivity contribution in [2.75, 3.05) is 45.7 Å². The molecular weight excluding hydrogens is 318 g/mol. The number of benzene rings is 1. The molecule has 2 aliphatic rings. The molecule has 1 spiro atoms. The standard InChI is InChI=1S/C19H27N3O3/c1-14-4-6-15(7-5-14)20-18(24)22-12-16(17(23)21(2)3)19(13-22)8-10-25-11-9-19/h4-7,16H,8-13H2,1-3H3,(H,20,24). The van der Waals surface area contributed by atoms with E-state index in [0.717, 1.165) is 24.1 Å². The van der Waals surface area contributed by atoms with Crippen LogP contribution < -0.4 is 5.32 Å². The van der Waals surface area contributed by atoms with E-state index in [2.05, 4.69) is 5.32 Å². The molecule has 1 atom stereocenters. The van der Waals surface area contributed by atoms with Crippen LogP contribution >= 0.6 is 0 Å². The lowest BCUT2D eigenvalue weighted by Crippen LogP contribution is -2.44. The van der Waals surface area contributed by atoms with Crippen molar-refractivity contribution in [1.29, 1.82) is 0 Å². The van der Waals surface area contributed by atoms with Crippen LogP contribution in [-0.4, -0.2) is 62.1 Å². The lowest BCUT2D eigenvalue weighted by molar-refractivity contribution is -0.138. The average molecular weight is 345 g/mol. The Kier molecular flexibility index (Phi) is 4.99. The van der Waals surface area contributed by atoms with E-state index in [4.69, 9.17) is 4.74 Å². The first-order valence-corrected chi connectivity index (χ1v) is 8.83. The second-order valence-electron chi connectivity index (χ2n) is 7.44. The maximum Gasteiger partial charge on any atom is 0.321 e. The average Bonchev–Trinajstić information content (AvgIpc) is 2.95. The van der Waals surface area contributed by atoms with Crippen LogP contribution in [0, 0.1) is 18.3 Å². The van der Waals surface area contributed by atoms with Gasteiger partial charge in [-0.25, -0.2) is 4.79 Å². The van der Waals surface area contributed by atoms with Crippen molar-refractivity contribution in [3.05, 3.63) is 29.8 Å². The number of likely N-dealkylation sites (tertiary alicyclic amines) is 1. The Bertz CT molecular complexity index is 636. The summed E-state index contributed by atoms with van der Waals surface area (Å²) < 4.78 is 5.50. The number of nitrogens with one attached hydrogen (secondary N) is 1. The Balaban J connectivity index is 1.75. The van der Waals surface area contributed by atoms with Gasteiger partial charge in [0.1, 0.15) is 0 Å². The van der Waals surface area contributed by atoms with Crippen molar-refractivity contribution in [3.63, 3.8) is 0 Å². The fraction of sp³-hybridized carbons (Fsp3) is 0.579. The zero-order valence-corrected chi connectivity index (χ0v) is 15.2. The van der Waals surface area contributed by atoms with E-state index in [1.54, 1.807) is 23.9 Å². The molecule has 2 aliphatic heterocycles. The molecule has 6 nitrogen and oxygen atoms in total. The molecule has 0 aromatic heterocycles. The molecule has 0 aliphatic carbocycles. The third-order valence-corrected chi connectivity index (χ3v) is 5.47. The van der Waals surface area contributed by atoms with Gasteiger partial charge in [0.05, 0.1) is 5.92 Å². The number of ether oxygens (including phenoxy) is 1. The number of aryl methyl sites for hydroxylation is 1. The Hall–Kier alpha value is -2.08. The van der Waals surface area contributed by atoms with Gasteiger partial charge in [0, 0.05) is 51.5 Å². The highest BCUT2D eigenvalue weighted by Gasteiger charge is 2.52. The molecule has 0 radical (unpaired) electrons. The molecule has 1 unspecified atom stereocenters. The quantitative estimate of drug-likeness (QED) is 0.895. The van der Waals surface area contributed by atoms with E-state index in [1.165, 1.54) is 0 Å². The third kappa shape index (κ3) is 3.63. The fourth-order valence-electron chi connectivity index (χ4n) is 3.90. The minimum atomic E-state index is -0.162. The number of rotatable bonds is 2. The molecule has 2 saturated heterocycles. The van der Waals surface area contributed by atoms with Crippen LogP contribution in [0.3, 0.4) is 0 Å². The molecule has 136 valence electrons. The van der Waals surface area contributed by atoms with Gasteiger partial charge in [-0.15, -0.1) is 0 Å². The minimum Gasteiger partial charge on any atom is -0.381 e. The van der Waals surface area contributed by atoms with Gasteiger partial charge >= 0.3 is 6.03 Å². The highest BCUT2D eigenvalue weighted by Crippen LogP contribution is 2.45. The van der Waals surface area contributed by atoms with Crippen LogP contribution in [0.2, 0.25) is 0 Å². The molecule has 0 saturated carbocycles. The topological polar surface area (TPSA) is 61.9 Å². The minimum absolute atomic E-state index is 0.104. The summed E-state index contributed by atoms with van der Waals surface area (Å²) in [6.07, 6.45) is 1.65. The van der Waals surface area contributed by atoms with E-state index in [1.807, 2.05) is 31.2 Å². The Morgan fingerprint density at radius 2 is 1.84 bits per heavy atom. The highest BCUT2D eigenvalue weighted by molar-refractivity contribution is 5.90. The summed E-state index contributed by atoms with van der Waals surface area (Å²) in [7, 11) is 3.56. The molecule has 1 aromatic carbocycles. The number of hydrogen-bond donors (Lipinski definition) is 1. The maximum absolute atomic E-state index is 12.7. The molecule has 2 fully saturated rings. The predicted molar refractivity (Wildman–Crippen MR) is 96.4 cm³/mol. The fourth-order valence-corrected chi connectivity index (χ4v) is 3.90. The second-order valence-corrected chi connectivity index (χ2v) is 7.44. The van der Waals surface area contributed by atoms with Crippen molar-refractivity contribution in [1.82, 2.24) is 9.80 Å². The van der Waals surface area contributed by atoms with Crippen molar-refractivity contribution in [2.45, 2.75) is 19.8 Å². The number of hydrogen-bond acceptors (Lipinski definition) is 3. The number of carbonyl (C=O) groups is 2. The molecule has 3 rings (SSSR count). The molecule has 2 heterocycles. The van der Waals surface area contributed by atoms with Crippen molar-refractivity contribution < 1.29 is 14.3 Å².